The number of carbonyl (C=O) groups excluding carboxylic acids is 1. The van der Waals surface area contributed by atoms with Crippen molar-refractivity contribution in [3.63, 3.8) is 0 Å². The zero-order valence-electron chi connectivity index (χ0n) is 11.9. The van der Waals surface area contributed by atoms with Gasteiger partial charge in [-0.2, -0.15) is 0 Å². The molecule has 0 spiro atoms. The van der Waals surface area contributed by atoms with Crippen LogP contribution in [0.5, 0.6) is 0 Å². The Labute approximate surface area is 114 Å². The summed E-state index contributed by atoms with van der Waals surface area (Å²) in [5.41, 5.74) is -0.387. The number of aliphatic hydroxyl groups excluding tert-OH is 1. The predicted octanol–water partition coefficient (Wildman–Crippen LogP) is -0.341. The molecule has 1 aliphatic heterocycles. The molecule has 112 valence electrons. The van der Waals surface area contributed by atoms with Gasteiger partial charge in [0.15, 0.2) is 0 Å². The lowest BCUT2D eigenvalue weighted by molar-refractivity contribution is -0.124. The molecule has 1 unspecified atom stereocenters. The SMILES string of the molecule is COCCCNC(=O)C(C)NC1(CO)CCOCC1. The maximum absolute atomic E-state index is 11.9. The minimum Gasteiger partial charge on any atom is -0.394 e. The maximum atomic E-state index is 11.9. The van der Waals surface area contributed by atoms with Crippen molar-refractivity contribution in [3.8, 4) is 0 Å². The summed E-state index contributed by atoms with van der Waals surface area (Å²) in [7, 11) is 1.64. The molecule has 3 N–H and O–H groups in total. The third kappa shape index (κ3) is 5.44. The fourth-order valence-corrected chi connectivity index (χ4v) is 2.22. The van der Waals surface area contributed by atoms with E-state index in [0.29, 0.717) is 26.4 Å². The number of hydrogen-bond acceptors (Lipinski definition) is 5. The Morgan fingerprint density at radius 2 is 2.16 bits per heavy atom. The Hall–Kier alpha value is -0.690. The summed E-state index contributed by atoms with van der Waals surface area (Å²) < 4.78 is 10.2. The van der Waals surface area contributed by atoms with Crippen molar-refractivity contribution in [2.24, 2.45) is 0 Å². The lowest BCUT2D eigenvalue weighted by Crippen LogP contribution is -2.58. The first-order chi connectivity index (χ1) is 9.13. The van der Waals surface area contributed by atoms with Crippen LogP contribution in [0.3, 0.4) is 0 Å². The molecule has 1 aliphatic rings. The molecule has 0 aromatic carbocycles. The lowest BCUT2D eigenvalue weighted by atomic mass is 9.90. The highest BCUT2D eigenvalue weighted by Gasteiger charge is 2.34. The molecule has 1 rings (SSSR count). The minimum absolute atomic E-state index is 0.0255. The maximum Gasteiger partial charge on any atom is 0.236 e. The van der Waals surface area contributed by atoms with Gasteiger partial charge in [0.05, 0.1) is 12.6 Å². The van der Waals surface area contributed by atoms with Crippen LogP contribution in [-0.2, 0) is 14.3 Å². The second kappa shape index (κ2) is 8.47. The summed E-state index contributed by atoms with van der Waals surface area (Å²) in [6.07, 6.45) is 2.25. The molecule has 1 atom stereocenters. The third-order valence-electron chi connectivity index (χ3n) is 3.49. The third-order valence-corrected chi connectivity index (χ3v) is 3.49. The molecule has 0 bridgehead atoms. The van der Waals surface area contributed by atoms with E-state index in [1.54, 1.807) is 7.11 Å². The van der Waals surface area contributed by atoms with E-state index in [1.165, 1.54) is 0 Å². The Morgan fingerprint density at radius 1 is 1.47 bits per heavy atom. The van der Waals surface area contributed by atoms with Gasteiger partial charge in [0.1, 0.15) is 0 Å². The number of methoxy groups -OCH3 is 1. The van der Waals surface area contributed by atoms with Gasteiger partial charge >= 0.3 is 0 Å². The van der Waals surface area contributed by atoms with Crippen LogP contribution in [0.1, 0.15) is 26.2 Å². The Kier molecular flexibility index (Phi) is 7.30. The van der Waals surface area contributed by atoms with Gasteiger partial charge in [0.25, 0.3) is 0 Å². The van der Waals surface area contributed by atoms with E-state index in [9.17, 15) is 9.90 Å². The molecular weight excluding hydrogens is 248 g/mol. The van der Waals surface area contributed by atoms with E-state index >= 15 is 0 Å². The summed E-state index contributed by atoms with van der Waals surface area (Å²) in [5, 5.41) is 15.7. The van der Waals surface area contributed by atoms with Crippen LogP contribution in [0.15, 0.2) is 0 Å². The monoisotopic (exact) mass is 274 g/mol. The van der Waals surface area contributed by atoms with Crippen LogP contribution in [-0.4, -0.2) is 62.7 Å². The Bertz CT molecular complexity index is 267. The summed E-state index contributed by atoms with van der Waals surface area (Å²) in [5.74, 6) is -0.0459. The van der Waals surface area contributed by atoms with E-state index in [2.05, 4.69) is 10.6 Å². The molecule has 1 heterocycles. The van der Waals surface area contributed by atoms with Gasteiger partial charge in [-0.3, -0.25) is 10.1 Å². The first-order valence-corrected chi connectivity index (χ1v) is 6.86. The standard InChI is InChI=1S/C13H26N2O4/c1-11(12(17)14-6-3-7-18-2)15-13(10-16)4-8-19-9-5-13/h11,15-16H,3-10H2,1-2H3,(H,14,17). The number of amides is 1. The molecule has 1 saturated heterocycles. The second-order valence-electron chi connectivity index (χ2n) is 5.05. The first-order valence-electron chi connectivity index (χ1n) is 6.86. The highest BCUT2D eigenvalue weighted by atomic mass is 16.5. The van der Waals surface area contributed by atoms with Crippen molar-refractivity contribution in [3.05, 3.63) is 0 Å². The fourth-order valence-electron chi connectivity index (χ4n) is 2.22. The molecule has 6 nitrogen and oxygen atoms in total. The van der Waals surface area contributed by atoms with Crippen LogP contribution < -0.4 is 10.6 Å². The topological polar surface area (TPSA) is 79.8 Å². The van der Waals surface area contributed by atoms with Gasteiger partial charge in [-0.1, -0.05) is 0 Å². The smallest absolute Gasteiger partial charge is 0.236 e. The van der Waals surface area contributed by atoms with E-state index in [0.717, 1.165) is 19.3 Å². The molecule has 0 saturated carbocycles. The highest BCUT2D eigenvalue weighted by Crippen LogP contribution is 2.20. The molecule has 1 fully saturated rings. The number of ether oxygens (including phenoxy) is 2. The van der Waals surface area contributed by atoms with Crippen molar-refractivity contribution in [2.75, 3.05) is 40.1 Å². The zero-order chi connectivity index (χ0) is 14.1. The van der Waals surface area contributed by atoms with E-state index < -0.39 is 0 Å². The summed E-state index contributed by atoms with van der Waals surface area (Å²) >= 11 is 0. The number of carbonyl (C=O) groups is 1. The van der Waals surface area contributed by atoms with Gasteiger partial charge < -0.3 is 19.9 Å². The van der Waals surface area contributed by atoms with Crippen LogP contribution in [0.25, 0.3) is 0 Å². The van der Waals surface area contributed by atoms with Crippen molar-refractivity contribution in [2.45, 2.75) is 37.8 Å². The average Bonchev–Trinajstić information content (AvgIpc) is 2.44. The van der Waals surface area contributed by atoms with Gasteiger partial charge in [0, 0.05) is 39.0 Å². The molecule has 0 aliphatic carbocycles. The van der Waals surface area contributed by atoms with Gasteiger partial charge in [-0.15, -0.1) is 0 Å². The lowest BCUT2D eigenvalue weighted by Gasteiger charge is -2.38. The molecule has 1 amide bonds. The van der Waals surface area contributed by atoms with Gasteiger partial charge in [0.2, 0.25) is 5.91 Å². The largest absolute Gasteiger partial charge is 0.394 e. The molecule has 6 heteroatoms. The van der Waals surface area contributed by atoms with E-state index in [-0.39, 0.29) is 24.1 Å². The quantitative estimate of drug-likeness (QED) is 0.528. The molecule has 0 radical (unpaired) electrons. The average molecular weight is 274 g/mol. The van der Waals surface area contributed by atoms with Crippen molar-refractivity contribution < 1.29 is 19.4 Å². The number of nitrogens with one attached hydrogen (secondary N) is 2. The minimum atomic E-state index is -0.387. The second-order valence-corrected chi connectivity index (χ2v) is 5.05. The van der Waals surface area contributed by atoms with Gasteiger partial charge in [-0.05, 0) is 26.2 Å². The summed E-state index contributed by atoms with van der Waals surface area (Å²) in [6.45, 7) is 4.33. The summed E-state index contributed by atoms with van der Waals surface area (Å²) in [4.78, 5) is 11.9. The van der Waals surface area contributed by atoms with Crippen LogP contribution in [0.4, 0.5) is 0 Å². The summed E-state index contributed by atoms with van der Waals surface area (Å²) in [6, 6.07) is -0.326. The zero-order valence-corrected chi connectivity index (χ0v) is 11.9. The van der Waals surface area contributed by atoms with Gasteiger partial charge in [-0.25, -0.2) is 0 Å². The highest BCUT2D eigenvalue weighted by molar-refractivity contribution is 5.81. The van der Waals surface area contributed by atoms with Crippen LogP contribution >= 0.6 is 0 Å². The van der Waals surface area contributed by atoms with Crippen molar-refractivity contribution in [1.29, 1.82) is 0 Å². The van der Waals surface area contributed by atoms with Crippen molar-refractivity contribution in [1.82, 2.24) is 10.6 Å². The molecule has 0 aromatic heterocycles. The van der Waals surface area contributed by atoms with Crippen LogP contribution in [0, 0.1) is 0 Å². The van der Waals surface area contributed by atoms with E-state index in [4.69, 9.17) is 9.47 Å². The first kappa shape index (κ1) is 16.4. The fraction of sp³-hybridized carbons (Fsp3) is 0.923. The number of hydrogen-bond donors (Lipinski definition) is 3. The van der Waals surface area contributed by atoms with Crippen molar-refractivity contribution >= 4 is 5.91 Å². The molecule has 19 heavy (non-hydrogen) atoms. The normalized spacial score (nSPS) is 19.9. The predicted molar refractivity (Wildman–Crippen MR) is 72.0 cm³/mol. The number of aliphatic hydroxyl groups is 1. The Balaban J connectivity index is 2.34. The van der Waals surface area contributed by atoms with E-state index in [1.807, 2.05) is 6.92 Å². The number of rotatable bonds is 8. The van der Waals surface area contributed by atoms with Crippen LogP contribution in [0.2, 0.25) is 0 Å². The molecular formula is C13H26N2O4. The molecule has 0 aromatic rings. The Morgan fingerprint density at radius 3 is 2.74 bits per heavy atom.